The number of nitrogen functional groups attached to an aromatic ring is 1. The van der Waals surface area contributed by atoms with Crippen LogP contribution >= 0.6 is 35.1 Å². The van der Waals surface area contributed by atoms with Crippen molar-refractivity contribution in [1.29, 1.82) is 0 Å². The van der Waals surface area contributed by atoms with Gasteiger partial charge in [0.2, 0.25) is 23.3 Å². The van der Waals surface area contributed by atoms with E-state index in [1.165, 1.54) is 23.5 Å². The minimum Gasteiger partial charge on any atom is -0.479 e. The van der Waals surface area contributed by atoms with Crippen LogP contribution < -0.4 is 11.1 Å². The highest BCUT2D eigenvalue weighted by atomic mass is 32.2. The number of rotatable bonds is 14. The molecule has 236 valence electrons. The lowest BCUT2D eigenvalue weighted by Gasteiger charge is -2.49. The second kappa shape index (κ2) is 14.3. The van der Waals surface area contributed by atoms with Gasteiger partial charge in [0.15, 0.2) is 5.13 Å². The van der Waals surface area contributed by atoms with Crippen molar-refractivity contribution in [2.24, 2.45) is 5.16 Å². The highest BCUT2D eigenvalue weighted by molar-refractivity contribution is 8.01. The number of thioether (sulfide) groups is 2. The zero-order valence-corrected chi connectivity index (χ0v) is 25.3. The molecule has 0 bridgehead atoms. The molecule has 3 aliphatic heterocycles. The van der Waals surface area contributed by atoms with Crippen LogP contribution in [0.1, 0.15) is 12.2 Å². The van der Waals surface area contributed by atoms with Gasteiger partial charge >= 0.3 is 11.9 Å². The first-order valence-electron chi connectivity index (χ1n) is 13.1. The smallest absolute Gasteiger partial charge is 0.352 e. The molecule has 1 unspecified atom stereocenters. The number of hydrogen-bond donors (Lipinski definition) is 4. The van der Waals surface area contributed by atoms with E-state index in [1.807, 2.05) is 0 Å². The molecule has 2 amide bonds. The highest BCUT2D eigenvalue weighted by Crippen LogP contribution is 2.41. The number of carboxylic acid groups (broad SMARTS) is 2. The quantitative estimate of drug-likeness (QED) is 0.0746. The molecule has 3 aliphatic rings. The summed E-state index contributed by atoms with van der Waals surface area (Å²) in [6.07, 6.45) is 0.832. The normalized spacial score (nSPS) is 20.7. The molecule has 0 saturated carbocycles. The summed E-state index contributed by atoms with van der Waals surface area (Å²) in [5, 5.41) is 36.6. The van der Waals surface area contributed by atoms with Crippen LogP contribution in [0.4, 0.5) is 5.13 Å². The number of carboxylic acids is 2. The lowest BCUT2D eigenvalue weighted by Crippen LogP contribution is -2.71. The molecule has 2 atom stereocenters. The molecule has 2 aromatic heterocycles. The number of nitrogens with one attached hydrogen (secondary N) is 1. The SMILES string of the molecule is Nc1nc(C(=NOCC(=O)O)C(=O)NC2C(=O)N3C(C(=O)O)=C(CSc4nnnn4CCCN4CCOCC4)CS[C@H]23)ns1. The summed E-state index contributed by atoms with van der Waals surface area (Å²) in [5.74, 6) is -3.87. The molecule has 22 heteroatoms. The van der Waals surface area contributed by atoms with Crippen LogP contribution in [0.15, 0.2) is 21.6 Å². The zero-order valence-electron chi connectivity index (χ0n) is 22.9. The molecule has 2 aromatic rings. The van der Waals surface area contributed by atoms with E-state index in [2.05, 4.69) is 45.1 Å². The van der Waals surface area contributed by atoms with Gasteiger partial charge in [0.1, 0.15) is 17.1 Å². The van der Waals surface area contributed by atoms with Crippen molar-refractivity contribution in [3.63, 3.8) is 0 Å². The van der Waals surface area contributed by atoms with Crippen LogP contribution in [0, 0.1) is 0 Å². The first-order chi connectivity index (χ1) is 21.2. The van der Waals surface area contributed by atoms with E-state index < -0.39 is 47.5 Å². The first-order valence-corrected chi connectivity index (χ1v) is 15.9. The summed E-state index contributed by atoms with van der Waals surface area (Å²) in [7, 11) is 0. The molecule has 0 radical (unpaired) electrons. The monoisotopic (exact) mass is 669 g/mol. The number of hydrogen-bond acceptors (Lipinski definition) is 17. The summed E-state index contributed by atoms with van der Waals surface area (Å²) >= 11 is 3.34. The van der Waals surface area contributed by atoms with Gasteiger partial charge in [0.25, 0.3) is 11.8 Å². The third kappa shape index (κ3) is 7.26. The minimum atomic E-state index is -1.33. The third-order valence-corrected chi connectivity index (χ3v) is 9.50. The number of β-lactam (4-membered cyclic amide) rings is 1. The maximum absolute atomic E-state index is 13.1. The van der Waals surface area contributed by atoms with E-state index in [0.717, 1.165) is 55.7 Å². The zero-order chi connectivity index (χ0) is 31.2. The van der Waals surface area contributed by atoms with Gasteiger partial charge in [-0.1, -0.05) is 16.9 Å². The Labute approximate surface area is 261 Å². The average Bonchev–Trinajstić information content (AvgIpc) is 3.65. The van der Waals surface area contributed by atoms with Crippen molar-refractivity contribution >= 4 is 69.7 Å². The molecule has 0 aromatic carbocycles. The van der Waals surface area contributed by atoms with Crippen molar-refractivity contribution in [1.82, 2.24) is 44.7 Å². The number of fused-ring (bicyclic) bond motifs is 1. The Morgan fingerprint density at radius 3 is 2.73 bits per heavy atom. The molecule has 19 nitrogen and oxygen atoms in total. The summed E-state index contributed by atoms with van der Waals surface area (Å²) in [6.45, 7) is 3.85. The summed E-state index contributed by atoms with van der Waals surface area (Å²) in [4.78, 5) is 61.3. The van der Waals surface area contributed by atoms with E-state index in [-0.39, 0.29) is 28.2 Å². The number of aryl methyl sites for hydroxylation is 1. The summed E-state index contributed by atoms with van der Waals surface area (Å²) in [6, 6.07) is -1.09. The number of aromatic nitrogens is 6. The molecule has 0 aliphatic carbocycles. The predicted molar refractivity (Wildman–Crippen MR) is 155 cm³/mol. The Bertz CT molecular complexity index is 1470. The molecule has 44 heavy (non-hydrogen) atoms. The fourth-order valence-corrected chi connectivity index (χ4v) is 7.35. The van der Waals surface area contributed by atoms with Crippen LogP contribution in [0.25, 0.3) is 0 Å². The van der Waals surface area contributed by atoms with Gasteiger partial charge in [0.05, 0.1) is 13.2 Å². The Hall–Kier alpha value is -3.86. The van der Waals surface area contributed by atoms with Gasteiger partial charge in [-0.2, -0.15) is 9.36 Å². The third-order valence-electron chi connectivity index (χ3n) is 6.57. The van der Waals surface area contributed by atoms with Crippen LogP contribution in [0.5, 0.6) is 0 Å². The van der Waals surface area contributed by atoms with Gasteiger partial charge in [-0.05, 0) is 22.4 Å². The fourth-order valence-electron chi connectivity index (χ4n) is 4.53. The van der Waals surface area contributed by atoms with Gasteiger partial charge in [0, 0.05) is 49.2 Å². The Morgan fingerprint density at radius 2 is 2.02 bits per heavy atom. The van der Waals surface area contributed by atoms with Crippen molar-refractivity contribution in [2.45, 2.75) is 29.5 Å². The molecular formula is C22H27N11O8S3. The van der Waals surface area contributed by atoms with Crippen LogP contribution in [-0.4, -0.2) is 141 Å². The number of aliphatic carboxylic acids is 2. The molecule has 5 rings (SSSR count). The van der Waals surface area contributed by atoms with Crippen molar-refractivity contribution in [3.8, 4) is 0 Å². The minimum absolute atomic E-state index is 0.0242. The number of nitrogens with two attached hydrogens (primary N) is 1. The second-order valence-corrected chi connectivity index (χ2v) is 12.3. The van der Waals surface area contributed by atoms with E-state index in [1.54, 1.807) is 4.68 Å². The average molecular weight is 670 g/mol. The number of carbonyl (C=O) groups excluding carboxylic acids is 2. The number of anilines is 1. The maximum atomic E-state index is 13.1. The molecule has 0 spiro atoms. The van der Waals surface area contributed by atoms with E-state index in [9.17, 15) is 24.3 Å². The summed E-state index contributed by atoms with van der Waals surface area (Å²) in [5.41, 5.74) is 5.46. The second-order valence-electron chi connectivity index (χ2n) is 9.46. The van der Waals surface area contributed by atoms with Gasteiger partial charge in [-0.15, -0.1) is 16.9 Å². The van der Waals surface area contributed by atoms with E-state index in [4.69, 9.17) is 15.6 Å². The molecule has 5 N–H and O–H groups in total. The van der Waals surface area contributed by atoms with E-state index in [0.29, 0.717) is 17.3 Å². The van der Waals surface area contributed by atoms with Crippen LogP contribution in [0.2, 0.25) is 0 Å². The largest absolute Gasteiger partial charge is 0.479 e. The number of amides is 2. The van der Waals surface area contributed by atoms with Gasteiger partial charge < -0.3 is 30.8 Å². The maximum Gasteiger partial charge on any atom is 0.352 e. The van der Waals surface area contributed by atoms with Crippen LogP contribution in [-0.2, 0) is 35.3 Å². The molecule has 2 fully saturated rings. The number of nitrogens with zero attached hydrogens (tertiary/aromatic N) is 9. The standard InChI is InChI=1S/C22H27N11O8S3/c23-21-25-16(28-44-21)13(27-41-8-12(34)35)17(36)24-14-18(37)33-15(20(38)39)11(9-42-19(14)33)10-43-22-26-29-30-32(22)3-1-2-31-4-6-40-7-5-31/h14,19H,1-10H2,(H,24,36)(H,34,35)(H,38,39)(H2,23,25,28)/t14?,19-/m1/s1. The predicted octanol–water partition coefficient (Wildman–Crippen LogP) is -1.83. The van der Waals surface area contributed by atoms with E-state index >= 15 is 0 Å². The highest BCUT2D eigenvalue weighted by Gasteiger charge is 2.54. The van der Waals surface area contributed by atoms with Crippen molar-refractivity contribution in [3.05, 3.63) is 17.1 Å². The number of tetrazole rings is 1. The lowest BCUT2D eigenvalue weighted by atomic mass is 10.0. The Morgan fingerprint density at radius 1 is 1.23 bits per heavy atom. The topological polar surface area (TPSA) is 253 Å². The van der Waals surface area contributed by atoms with Crippen LogP contribution in [0.3, 0.4) is 0 Å². The Kier molecular flexibility index (Phi) is 10.2. The number of ether oxygens (including phenoxy) is 1. The fraction of sp³-hybridized carbons (Fsp3) is 0.545. The van der Waals surface area contributed by atoms with Gasteiger partial charge in [-0.3, -0.25) is 19.4 Å². The van der Waals surface area contributed by atoms with Crippen molar-refractivity contribution in [2.75, 3.05) is 56.7 Å². The first kappa shape index (κ1) is 31.6. The lowest BCUT2D eigenvalue weighted by molar-refractivity contribution is -0.150. The number of morpholine rings is 1. The van der Waals surface area contributed by atoms with Crippen molar-refractivity contribution < 1.29 is 39.0 Å². The Balaban J connectivity index is 1.22. The molecular weight excluding hydrogens is 643 g/mol. The summed E-state index contributed by atoms with van der Waals surface area (Å²) < 4.78 is 10.9. The van der Waals surface area contributed by atoms with Gasteiger partial charge in [-0.25, -0.2) is 14.3 Å². The number of oxime groups is 1. The molecule has 2 saturated heterocycles. The number of carbonyl (C=O) groups is 4. The molecule has 5 heterocycles.